The molecule has 1 heterocycles. The molecule has 0 aliphatic rings. The van der Waals surface area contributed by atoms with Crippen molar-refractivity contribution in [2.75, 3.05) is 5.75 Å². The zero-order valence-electron chi connectivity index (χ0n) is 11.0. The molecule has 1 aromatic rings. The molecule has 0 aliphatic carbocycles. The molecule has 0 aliphatic heterocycles. The van der Waals surface area contributed by atoms with Gasteiger partial charge in [-0.3, -0.25) is 0 Å². The maximum absolute atomic E-state index is 8.88. The lowest BCUT2D eigenvalue weighted by molar-refractivity contribution is 0.427. The summed E-state index contributed by atoms with van der Waals surface area (Å²) in [5, 5.41) is 9.65. The summed E-state index contributed by atoms with van der Waals surface area (Å²) in [6.45, 7) is 7.86. The van der Waals surface area contributed by atoms with Crippen LogP contribution in [-0.2, 0) is 0 Å². The van der Waals surface area contributed by atoms with Gasteiger partial charge in [-0.2, -0.15) is 5.26 Å². The average molecular weight is 252 g/mol. The SMILES string of the molecule is Cc1nc(SCCCCC(C)(C)C#N)oc1C. The number of thioether (sulfide) groups is 1. The van der Waals surface area contributed by atoms with Gasteiger partial charge >= 0.3 is 0 Å². The molecule has 0 aromatic carbocycles. The van der Waals surface area contributed by atoms with Crippen molar-refractivity contribution in [1.82, 2.24) is 4.98 Å². The number of unbranched alkanes of at least 4 members (excludes halogenated alkanes) is 1. The lowest BCUT2D eigenvalue weighted by atomic mass is 9.89. The molecule has 0 radical (unpaired) electrons. The Balaban J connectivity index is 2.19. The fourth-order valence-electron chi connectivity index (χ4n) is 1.39. The highest BCUT2D eigenvalue weighted by atomic mass is 32.2. The van der Waals surface area contributed by atoms with Crippen LogP contribution in [-0.4, -0.2) is 10.7 Å². The highest BCUT2D eigenvalue weighted by Gasteiger charge is 2.15. The monoisotopic (exact) mass is 252 g/mol. The van der Waals surface area contributed by atoms with E-state index in [2.05, 4.69) is 11.1 Å². The molecule has 0 fully saturated rings. The van der Waals surface area contributed by atoms with Gasteiger partial charge < -0.3 is 4.42 Å². The molecule has 0 bridgehead atoms. The molecule has 0 spiro atoms. The zero-order valence-corrected chi connectivity index (χ0v) is 11.9. The van der Waals surface area contributed by atoms with Gasteiger partial charge in [0.15, 0.2) is 0 Å². The highest BCUT2D eigenvalue weighted by Crippen LogP contribution is 2.25. The van der Waals surface area contributed by atoms with E-state index in [1.165, 1.54) is 0 Å². The van der Waals surface area contributed by atoms with Gasteiger partial charge in [0.1, 0.15) is 5.76 Å². The summed E-state index contributed by atoms with van der Waals surface area (Å²) < 4.78 is 5.48. The van der Waals surface area contributed by atoms with Gasteiger partial charge in [0.05, 0.1) is 17.2 Å². The topological polar surface area (TPSA) is 49.8 Å². The van der Waals surface area contributed by atoms with Crippen molar-refractivity contribution in [1.29, 1.82) is 5.26 Å². The van der Waals surface area contributed by atoms with Crippen molar-refractivity contribution < 1.29 is 4.42 Å². The van der Waals surface area contributed by atoms with Gasteiger partial charge in [-0.25, -0.2) is 4.98 Å². The van der Waals surface area contributed by atoms with Crippen LogP contribution in [0.2, 0.25) is 0 Å². The van der Waals surface area contributed by atoms with E-state index >= 15 is 0 Å². The van der Waals surface area contributed by atoms with Crippen molar-refractivity contribution in [2.45, 2.75) is 52.2 Å². The maximum atomic E-state index is 8.88. The zero-order chi connectivity index (χ0) is 12.9. The normalized spacial score (nSPS) is 11.5. The van der Waals surface area contributed by atoms with Crippen LogP contribution in [0.15, 0.2) is 9.64 Å². The van der Waals surface area contributed by atoms with E-state index in [9.17, 15) is 0 Å². The highest BCUT2D eigenvalue weighted by molar-refractivity contribution is 7.99. The third kappa shape index (κ3) is 4.82. The van der Waals surface area contributed by atoms with Crippen LogP contribution >= 0.6 is 11.8 Å². The largest absolute Gasteiger partial charge is 0.437 e. The molecule has 4 heteroatoms. The molecule has 17 heavy (non-hydrogen) atoms. The Bertz CT molecular complexity index is 385. The van der Waals surface area contributed by atoms with E-state index < -0.39 is 0 Å². The van der Waals surface area contributed by atoms with Crippen LogP contribution in [0.1, 0.15) is 44.6 Å². The summed E-state index contributed by atoms with van der Waals surface area (Å²) in [5.41, 5.74) is 0.777. The first-order valence-electron chi connectivity index (χ1n) is 5.93. The van der Waals surface area contributed by atoms with Crippen molar-refractivity contribution in [3.63, 3.8) is 0 Å². The number of nitrogens with zero attached hydrogens (tertiary/aromatic N) is 2. The van der Waals surface area contributed by atoms with E-state index in [4.69, 9.17) is 9.68 Å². The third-order valence-electron chi connectivity index (χ3n) is 2.73. The minimum atomic E-state index is -0.194. The summed E-state index contributed by atoms with van der Waals surface area (Å²) in [4.78, 5) is 4.32. The van der Waals surface area contributed by atoms with Crippen molar-refractivity contribution >= 4 is 11.8 Å². The summed E-state index contributed by atoms with van der Waals surface area (Å²) in [5.74, 6) is 1.90. The van der Waals surface area contributed by atoms with Gasteiger partial charge in [-0.1, -0.05) is 18.2 Å². The molecule has 0 atom stereocenters. The molecule has 0 saturated heterocycles. The predicted molar refractivity (Wildman–Crippen MR) is 69.9 cm³/mol. The second-order valence-electron chi connectivity index (χ2n) is 4.92. The summed E-state index contributed by atoms with van der Waals surface area (Å²) in [6, 6.07) is 2.32. The molecule has 94 valence electrons. The van der Waals surface area contributed by atoms with Crippen LogP contribution in [0.4, 0.5) is 0 Å². The molecular weight excluding hydrogens is 232 g/mol. The Kier molecular flexibility index (Phi) is 5.07. The van der Waals surface area contributed by atoms with Crippen LogP contribution in [0.5, 0.6) is 0 Å². The Hall–Kier alpha value is -0.950. The molecule has 0 amide bonds. The summed E-state index contributed by atoms with van der Waals surface area (Å²) >= 11 is 1.65. The average Bonchev–Trinajstić information content (AvgIpc) is 2.58. The van der Waals surface area contributed by atoms with Crippen LogP contribution in [0, 0.1) is 30.6 Å². The second-order valence-corrected chi connectivity index (χ2v) is 5.97. The first kappa shape index (κ1) is 14.1. The van der Waals surface area contributed by atoms with Crippen LogP contribution < -0.4 is 0 Å². The first-order chi connectivity index (χ1) is 7.94. The van der Waals surface area contributed by atoms with E-state index in [1.54, 1.807) is 11.8 Å². The second kappa shape index (κ2) is 6.11. The minimum Gasteiger partial charge on any atom is -0.437 e. The lowest BCUT2D eigenvalue weighted by Gasteiger charge is -2.13. The molecule has 0 saturated carbocycles. The Morgan fingerprint density at radius 1 is 1.35 bits per heavy atom. The number of hydrogen-bond donors (Lipinski definition) is 0. The number of rotatable bonds is 6. The molecular formula is C13H20N2OS. The molecule has 1 rings (SSSR count). The van der Waals surface area contributed by atoms with Gasteiger partial charge in [0.2, 0.25) is 0 Å². The number of hydrogen-bond acceptors (Lipinski definition) is 4. The van der Waals surface area contributed by atoms with Crippen LogP contribution in [0.3, 0.4) is 0 Å². The Morgan fingerprint density at radius 3 is 2.59 bits per heavy atom. The van der Waals surface area contributed by atoms with Gasteiger partial charge in [0.25, 0.3) is 5.22 Å². The quantitative estimate of drug-likeness (QED) is 0.565. The van der Waals surface area contributed by atoms with Crippen LogP contribution in [0.25, 0.3) is 0 Å². The molecule has 1 aromatic heterocycles. The molecule has 0 N–H and O–H groups in total. The maximum Gasteiger partial charge on any atom is 0.256 e. The van der Waals surface area contributed by atoms with Gasteiger partial charge in [0, 0.05) is 5.75 Å². The number of oxazole rings is 1. The standard InChI is InChI=1S/C13H20N2OS/c1-10-11(2)16-12(15-10)17-8-6-5-7-13(3,4)9-14/h5-8H2,1-4H3. The third-order valence-corrected chi connectivity index (χ3v) is 3.65. The summed E-state index contributed by atoms with van der Waals surface area (Å²) in [6.07, 6.45) is 3.12. The molecule has 3 nitrogen and oxygen atoms in total. The van der Waals surface area contributed by atoms with E-state index in [1.807, 2.05) is 27.7 Å². The minimum absolute atomic E-state index is 0.194. The van der Waals surface area contributed by atoms with Gasteiger partial charge in [-0.15, -0.1) is 0 Å². The predicted octanol–water partition coefficient (Wildman–Crippen LogP) is 4.10. The Labute approximate surface area is 108 Å². The van der Waals surface area contributed by atoms with E-state index in [0.717, 1.165) is 41.7 Å². The van der Waals surface area contributed by atoms with E-state index in [-0.39, 0.29) is 5.41 Å². The smallest absolute Gasteiger partial charge is 0.256 e. The van der Waals surface area contributed by atoms with Crippen molar-refractivity contribution in [2.24, 2.45) is 5.41 Å². The van der Waals surface area contributed by atoms with Crippen molar-refractivity contribution in [3.8, 4) is 6.07 Å². The van der Waals surface area contributed by atoms with Gasteiger partial charge in [-0.05, 0) is 40.5 Å². The fraction of sp³-hybridized carbons (Fsp3) is 0.692. The first-order valence-corrected chi connectivity index (χ1v) is 6.91. The lowest BCUT2D eigenvalue weighted by Crippen LogP contribution is -2.07. The van der Waals surface area contributed by atoms with E-state index in [0.29, 0.717) is 0 Å². The number of aryl methyl sites for hydroxylation is 2. The van der Waals surface area contributed by atoms with Crippen molar-refractivity contribution in [3.05, 3.63) is 11.5 Å². The molecule has 0 unspecified atom stereocenters. The summed E-state index contributed by atoms with van der Waals surface area (Å²) in [7, 11) is 0. The fourth-order valence-corrected chi connectivity index (χ4v) is 2.30. The number of aromatic nitrogens is 1. The number of nitriles is 1. The Morgan fingerprint density at radius 2 is 2.06 bits per heavy atom.